The van der Waals surface area contributed by atoms with Crippen LogP contribution in [0.2, 0.25) is 0 Å². The van der Waals surface area contributed by atoms with Crippen LogP contribution in [0, 0.1) is 0 Å². The van der Waals surface area contributed by atoms with Crippen molar-refractivity contribution in [3.05, 3.63) is 10.9 Å². The van der Waals surface area contributed by atoms with Crippen LogP contribution in [0.25, 0.3) is 10.2 Å². The van der Waals surface area contributed by atoms with Gasteiger partial charge in [0.1, 0.15) is 10.6 Å². The number of hydrogen-bond donors (Lipinski definition) is 3. The summed E-state index contributed by atoms with van der Waals surface area (Å²) in [4.78, 5) is 11.4. The fourth-order valence-corrected chi connectivity index (χ4v) is 2.81. The number of nitrogens with zero attached hydrogens (tertiary/aromatic N) is 2. The Morgan fingerprint density at radius 2 is 2.10 bits per heavy atom. The van der Waals surface area contributed by atoms with Crippen LogP contribution in [-0.4, -0.2) is 34.3 Å². The summed E-state index contributed by atoms with van der Waals surface area (Å²) in [6.07, 6.45) is 1.62. The Kier molecular flexibility index (Phi) is 5.14. The Hall–Kier alpha value is -1.40. The first-order valence-electron chi connectivity index (χ1n) is 7.10. The Balaban J connectivity index is 2.35. The molecule has 0 bridgehead atoms. The molecule has 0 amide bonds. The van der Waals surface area contributed by atoms with Crippen LogP contribution >= 0.6 is 11.3 Å². The molecule has 20 heavy (non-hydrogen) atoms. The minimum Gasteiger partial charge on any atom is -0.392 e. The lowest BCUT2D eigenvalue weighted by Crippen LogP contribution is -2.17. The third-order valence-corrected chi connectivity index (χ3v) is 4.06. The van der Waals surface area contributed by atoms with Gasteiger partial charge in [0, 0.05) is 18.0 Å². The molecular formula is C14H22N4OS. The van der Waals surface area contributed by atoms with Gasteiger partial charge in [-0.1, -0.05) is 13.8 Å². The number of aliphatic hydroxyl groups is 1. The average Bonchev–Trinajstić information content (AvgIpc) is 2.85. The molecule has 2 aromatic heterocycles. The van der Waals surface area contributed by atoms with Crippen molar-refractivity contribution in [2.75, 3.05) is 23.7 Å². The smallest absolute Gasteiger partial charge is 0.226 e. The van der Waals surface area contributed by atoms with Crippen LogP contribution < -0.4 is 10.6 Å². The molecular weight excluding hydrogens is 272 g/mol. The summed E-state index contributed by atoms with van der Waals surface area (Å²) in [6, 6.07) is 2.13. The fourth-order valence-electron chi connectivity index (χ4n) is 1.84. The number of hydrogen-bond acceptors (Lipinski definition) is 6. The summed E-state index contributed by atoms with van der Waals surface area (Å²) < 4.78 is 0. The molecule has 0 aliphatic heterocycles. The van der Waals surface area contributed by atoms with Crippen LogP contribution in [0.4, 0.5) is 11.8 Å². The van der Waals surface area contributed by atoms with Crippen LogP contribution in [0.3, 0.4) is 0 Å². The summed E-state index contributed by atoms with van der Waals surface area (Å²) in [7, 11) is 0. The summed E-state index contributed by atoms with van der Waals surface area (Å²) in [5.74, 6) is 1.45. The molecule has 3 N–H and O–H groups in total. The number of anilines is 2. The molecule has 5 nitrogen and oxygen atoms in total. The van der Waals surface area contributed by atoms with Crippen LogP contribution in [0.1, 0.15) is 32.1 Å². The number of thiophene rings is 1. The van der Waals surface area contributed by atoms with Crippen LogP contribution in [0.15, 0.2) is 6.07 Å². The van der Waals surface area contributed by atoms with Gasteiger partial charge in [-0.05, 0) is 25.8 Å². The molecule has 1 unspecified atom stereocenters. The average molecular weight is 294 g/mol. The van der Waals surface area contributed by atoms with Crippen molar-refractivity contribution in [1.29, 1.82) is 0 Å². The normalized spacial score (nSPS) is 12.6. The molecule has 110 valence electrons. The highest BCUT2D eigenvalue weighted by Gasteiger charge is 2.11. The van der Waals surface area contributed by atoms with Crippen molar-refractivity contribution in [1.82, 2.24) is 9.97 Å². The van der Waals surface area contributed by atoms with Gasteiger partial charge in [-0.15, -0.1) is 11.3 Å². The van der Waals surface area contributed by atoms with Gasteiger partial charge < -0.3 is 15.7 Å². The van der Waals surface area contributed by atoms with E-state index in [1.165, 1.54) is 4.88 Å². The van der Waals surface area contributed by atoms with Gasteiger partial charge >= 0.3 is 0 Å². The molecule has 0 aliphatic rings. The number of aryl methyl sites for hydroxylation is 1. The molecule has 0 radical (unpaired) electrons. The number of rotatable bonds is 7. The van der Waals surface area contributed by atoms with E-state index in [4.69, 9.17) is 0 Å². The van der Waals surface area contributed by atoms with Crippen molar-refractivity contribution < 1.29 is 5.11 Å². The van der Waals surface area contributed by atoms with Gasteiger partial charge in [0.05, 0.1) is 11.5 Å². The third kappa shape index (κ3) is 3.58. The van der Waals surface area contributed by atoms with Crippen molar-refractivity contribution in [3.8, 4) is 0 Å². The second-order valence-corrected chi connectivity index (χ2v) is 5.95. The van der Waals surface area contributed by atoms with Gasteiger partial charge in [0.2, 0.25) is 5.95 Å². The number of nitrogens with one attached hydrogen (secondary N) is 2. The van der Waals surface area contributed by atoms with E-state index >= 15 is 0 Å². The molecule has 0 saturated carbocycles. The van der Waals surface area contributed by atoms with Crippen molar-refractivity contribution in [2.24, 2.45) is 0 Å². The van der Waals surface area contributed by atoms with Gasteiger partial charge in [0.25, 0.3) is 0 Å². The maximum Gasteiger partial charge on any atom is 0.226 e. The molecule has 2 aromatic rings. The lowest BCUT2D eigenvalue weighted by Gasteiger charge is -2.10. The zero-order valence-electron chi connectivity index (χ0n) is 12.2. The summed E-state index contributed by atoms with van der Waals surface area (Å²) >= 11 is 1.70. The topological polar surface area (TPSA) is 70.1 Å². The lowest BCUT2D eigenvalue weighted by atomic mass is 10.3. The predicted molar refractivity (Wildman–Crippen MR) is 85.7 cm³/mol. The third-order valence-electron chi connectivity index (χ3n) is 2.89. The molecule has 1 atom stereocenters. The van der Waals surface area contributed by atoms with Crippen molar-refractivity contribution in [3.63, 3.8) is 0 Å². The quantitative estimate of drug-likeness (QED) is 0.732. The number of aliphatic hydroxyl groups excluding tert-OH is 1. The van der Waals surface area contributed by atoms with E-state index in [-0.39, 0.29) is 0 Å². The Bertz CT molecular complexity index is 568. The highest BCUT2D eigenvalue weighted by molar-refractivity contribution is 7.18. The fraction of sp³-hybridized carbons (Fsp3) is 0.571. The van der Waals surface area contributed by atoms with E-state index in [9.17, 15) is 5.11 Å². The minimum absolute atomic E-state index is 0.406. The number of fused-ring (bicyclic) bond motifs is 1. The zero-order valence-corrected chi connectivity index (χ0v) is 13.0. The molecule has 0 saturated heterocycles. The van der Waals surface area contributed by atoms with Gasteiger partial charge in [0.15, 0.2) is 0 Å². The number of aromatic nitrogens is 2. The van der Waals surface area contributed by atoms with E-state index in [0.29, 0.717) is 12.5 Å². The van der Waals surface area contributed by atoms with E-state index < -0.39 is 6.10 Å². The summed E-state index contributed by atoms with van der Waals surface area (Å²) in [6.45, 7) is 7.34. The predicted octanol–water partition coefficient (Wildman–Crippen LogP) is 2.87. The molecule has 0 aliphatic carbocycles. The largest absolute Gasteiger partial charge is 0.392 e. The first-order valence-corrected chi connectivity index (χ1v) is 7.92. The molecule has 0 spiro atoms. The molecule has 6 heteroatoms. The standard InChI is InChI=1S/C14H22N4OS/c1-4-6-15-14-17-12(16-8-9(3)19)11-7-10(5-2)20-13(11)18-14/h7,9,19H,4-6,8H2,1-3H3,(H2,15,16,17,18). The highest BCUT2D eigenvalue weighted by Crippen LogP contribution is 2.30. The molecule has 2 rings (SSSR count). The van der Waals surface area contributed by atoms with Crippen LogP contribution in [-0.2, 0) is 6.42 Å². The SMILES string of the molecule is CCCNc1nc(NCC(C)O)c2cc(CC)sc2n1. The Morgan fingerprint density at radius 3 is 2.75 bits per heavy atom. The summed E-state index contributed by atoms with van der Waals surface area (Å²) in [5.41, 5.74) is 0. The van der Waals surface area contributed by atoms with Gasteiger partial charge in [-0.25, -0.2) is 4.98 Å². The van der Waals surface area contributed by atoms with Crippen molar-refractivity contribution in [2.45, 2.75) is 39.7 Å². The second kappa shape index (κ2) is 6.85. The first-order chi connectivity index (χ1) is 9.63. The molecule has 0 fully saturated rings. The van der Waals surface area contributed by atoms with E-state index in [1.54, 1.807) is 18.3 Å². The first kappa shape index (κ1) is 15.0. The van der Waals surface area contributed by atoms with E-state index in [2.05, 4.69) is 40.5 Å². The van der Waals surface area contributed by atoms with E-state index in [0.717, 1.165) is 35.4 Å². The molecule has 2 heterocycles. The maximum atomic E-state index is 9.43. The van der Waals surface area contributed by atoms with Crippen LogP contribution in [0.5, 0.6) is 0 Å². The van der Waals surface area contributed by atoms with E-state index in [1.807, 2.05) is 0 Å². The zero-order chi connectivity index (χ0) is 14.5. The van der Waals surface area contributed by atoms with Gasteiger partial charge in [-0.2, -0.15) is 4.98 Å². The monoisotopic (exact) mass is 294 g/mol. The Labute approximate surface area is 123 Å². The minimum atomic E-state index is -0.406. The van der Waals surface area contributed by atoms with Crippen molar-refractivity contribution >= 4 is 33.3 Å². The molecule has 0 aromatic carbocycles. The highest BCUT2D eigenvalue weighted by atomic mass is 32.1. The maximum absolute atomic E-state index is 9.43. The lowest BCUT2D eigenvalue weighted by molar-refractivity contribution is 0.208. The summed E-state index contributed by atoms with van der Waals surface area (Å²) in [5, 5.41) is 16.9. The second-order valence-electron chi connectivity index (χ2n) is 4.84. The van der Waals surface area contributed by atoms with Gasteiger partial charge in [-0.3, -0.25) is 0 Å². The Morgan fingerprint density at radius 1 is 1.30 bits per heavy atom.